The number of piperidine rings is 1. The Morgan fingerprint density at radius 3 is 2.83 bits per heavy atom. The molecule has 124 valence electrons. The van der Waals surface area contributed by atoms with Gasteiger partial charge in [-0.3, -0.25) is 0 Å². The van der Waals surface area contributed by atoms with E-state index < -0.39 is 0 Å². The molecule has 1 aromatic carbocycles. The van der Waals surface area contributed by atoms with Gasteiger partial charge in [-0.25, -0.2) is 4.98 Å². The van der Waals surface area contributed by atoms with E-state index >= 15 is 0 Å². The fourth-order valence-electron chi connectivity index (χ4n) is 3.22. The standard InChI is InChI=1S/C19H27N3O/c1-23-13-7-10-20-15-17-14-16-8-3-4-9-18(16)21-19(17)22-11-5-2-6-12-22/h3-4,8-9,14,20H,2,5-7,10-13,15H2,1H3. The molecule has 23 heavy (non-hydrogen) atoms. The number of anilines is 1. The first kappa shape index (κ1) is 16.2. The molecule has 3 rings (SSSR count). The molecule has 1 aliphatic rings. The fourth-order valence-corrected chi connectivity index (χ4v) is 3.22. The number of hydrogen-bond acceptors (Lipinski definition) is 4. The molecule has 0 saturated carbocycles. The van der Waals surface area contributed by atoms with Crippen LogP contribution in [-0.2, 0) is 11.3 Å². The molecule has 0 radical (unpaired) electrons. The molecule has 0 aliphatic carbocycles. The Balaban J connectivity index is 1.80. The molecule has 0 unspecified atom stereocenters. The van der Waals surface area contributed by atoms with E-state index in [0.717, 1.165) is 44.7 Å². The maximum atomic E-state index is 5.11. The monoisotopic (exact) mass is 313 g/mol. The molecule has 1 aliphatic heterocycles. The fraction of sp³-hybridized carbons (Fsp3) is 0.526. The van der Waals surface area contributed by atoms with E-state index in [9.17, 15) is 0 Å². The summed E-state index contributed by atoms with van der Waals surface area (Å²) in [5.74, 6) is 1.17. The summed E-state index contributed by atoms with van der Waals surface area (Å²) >= 11 is 0. The zero-order valence-corrected chi connectivity index (χ0v) is 14.1. The van der Waals surface area contributed by atoms with Crippen molar-refractivity contribution >= 4 is 16.7 Å². The number of nitrogens with zero attached hydrogens (tertiary/aromatic N) is 2. The molecule has 4 heteroatoms. The van der Waals surface area contributed by atoms with Gasteiger partial charge in [-0.2, -0.15) is 0 Å². The van der Waals surface area contributed by atoms with E-state index in [1.165, 1.54) is 36.0 Å². The van der Waals surface area contributed by atoms with Gasteiger partial charge in [0.25, 0.3) is 0 Å². The first-order valence-corrected chi connectivity index (χ1v) is 8.72. The summed E-state index contributed by atoms with van der Waals surface area (Å²) in [7, 11) is 1.75. The van der Waals surface area contributed by atoms with E-state index in [2.05, 4.69) is 40.5 Å². The van der Waals surface area contributed by atoms with Crippen LogP contribution in [0.1, 0.15) is 31.2 Å². The number of pyridine rings is 1. The Labute approximate surface area is 138 Å². The minimum Gasteiger partial charge on any atom is -0.385 e. The van der Waals surface area contributed by atoms with Crippen LogP contribution in [0.2, 0.25) is 0 Å². The molecule has 1 aromatic heterocycles. The van der Waals surface area contributed by atoms with Crippen molar-refractivity contribution in [2.24, 2.45) is 0 Å². The summed E-state index contributed by atoms with van der Waals surface area (Å²) in [5.41, 5.74) is 2.40. The number of ether oxygens (including phenoxy) is 1. The Bertz CT molecular complexity index is 623. The Morgan fingerprint density at radius 1 is 1.17 bits per heavy atom. The molecule has 4 nitrogen and oxygen atoms in total. The van der Waals surface area contributed by atoms with E-state index in [-0.39, 0.29) is 0 Å². The molecule has 0 bridgehead atoms. The van der Waals surface area contributed by atoms with Crippen LogP contribution < -0.4 is 10.2 Å². The molecule has 2 aromatic rings. The van der Waals surface area contributed by atoms with Gasteiger partial charge in [-0.15, -0.1) is 0 Å². The van der Waals surface area contributed by atoms with Crippen molar-refractivity contribution in [2.45, 2.75) is 32.2 Å². The number of hydrogen-bond donors (Lipinski definition) is 1. The van der Waals surface area contributed by atoms with Crippen LogP contribution in [0.5, 0.6) is 0 Å². The van der Waals surface area contributed by atoms with Crippen LogP contribution >= 0.6 is 0 Å². The molecule has 1 saturated heterocycles. The van der Waals surface area contributed by atoms with Crippen molar-refractivity contribution in [3.05, 3.63) is 35.9 Å². The lowest BCUT2D eigenvalue weighted by Crippen LogP contribution is -2.32. The molecule has 0 amide bonds. The minimum absolute atomic E-state index is 0.807. The summed E-state index contributed by atoms with van der Waals surface area (Å²) in [4.78, 5) is 7.44. The third kappa shape index (κ3) is 4.21. The molecule has 2 heterocycles. The van der Waals surface area contributed by atoms with Gasteiger partial charge in [0, 0.05) is 44.3 Å². The van der Waals surface area contributed by atoms with Gasteiger partial charge in [0.05, 0.1) is 5.52 Å². The van der Waals surface area contributed by atoms with Crippen molar-refractivity contribution in [3.63, 3.8) is 0 Å². The second-order valence-corrected chi connectivity index (χ2v) is 6.23. The molecule has 0 spiro atoms. The predicted octanol–water partition coefficient (Wildman–Crippen LogP) is 3.35. The number of nitrogens with one attached hydrogen (secondary N) is 1. The summed E-state index contributed by atoms with van der Waals surface area (Å²) < 4.78 is 5.11. The van der Waals surface area contributed by atoms with Crippen LogP contribution in [0.3, 0.4) is 0 Å². The summed E-state index contributed by atoms with van der Waals surface area (Å²) in [6.07, 6.45) is 4.93. The lowest BCUT2D eigenvalue weighted by atomic mass is 10.1. The second kappa shape index (κ2) is 8.27. The average molecular weight is 313 g/mol. The quantitative estimate of drug-likeness (QED) is 0.796. The Morgan fingerprint density at radius 2 is 2.00 bits per heavy atom. The first-order chi connectivity index (χ1) is 11.4. The number of fused-ring (bicyclic) bond motifs is 1. The largest absolute Gasteiger partial charge is 0.385 e. The normalized spacial score (nSPS) is 15.3. The minimum atomic E-state index is 0.807. The Hall–Kier alpha value is -1.65. The van der Waals surface area contributed by atoms with Crippen molar-refractivity contribution in [3.8, 4) is 0 Å². The van der Waals surface area contributed by atoms with Gasteiger partial charge in [0.1, 0.15) is 5.82 Å². The highest BCUT2D eigenvalue weighted by atomic mass is 16.5. The number of para-hydroxylation sites is 1. The zero-order chi connectivity index (χ0) is 15.9. The maximum absolute atomic E-state index is 5.11. The van der Waals surface area contributed by atoms with E-state index in [0.29, 0.717) is 0 Å². The number of rotatable bonds is 7. The molecular formula is C19H27N3O. The highest BCUT2D eigenvalue weighted by Gasteiger charge is 2.16. The van der Waals surface area contributed by atoms with Crippen LogP contribution in [0, 0.1) is 0 Å². The Kier molecular flexibility index (Phi) is 5.83. The second-order valence-electron chi connectivity index (χ2n) is 6.23. The number of aromatic nitrogens is 1. The lowest BCUT2D eigenvalue weighted by Gasteiger charge is -2.30. The third-order valence-corrected chi connectivity index (χ3v) is 4.45. The van der Waals surface area contributed by atoms with Gasteiger partial charge in [0.2, 0.25) is 0 Å². The first-order valence-electron chi connectivity index (χ1n) is 8.72. The molecule has 1 fully saturated rings. The van der Waals surface area contributed by atoms with Gasteiger partial charge < -0.3 is 15.0 Å². The zero-order valence-electron chi connectivity index (χ0n) is 14.1. The van der Waals surface area contributed by atoms with Crippen molar-refractivity contribution in [2.75, 3.05) is 38.3 Å². The van der Waals surface area contributed by atoms with Gasteiger partial charge in [-0.1, -0.05) is 18.2 Å². The topological polar surface area (TPSA) is 37.4 Å². The SMILES string of the molecule is COCCCNCc1cc2ccccc2nc1N1CCCCC1. The average Bonchev–Trinajstić information content (AvgIpc) is 2.61. The molecule has 1 N–H and O–H groups in total. The van der Waals surface area contributed by atoms with Crippen molar-refractivity contribution < 1.29 is 4.74 Å². The van der Waals surface area contributed by atoms with Crippen molar-refractivity contribution in [1.29, 1.82) is 0 Å². The van der Waals surface area contributed by atoms with Crippen LogP contribution in [0.15, 0.2) is 30.3 Å². The number of benzene rings is 1. The summed E-state index contributed by atoms with van der Waals surface area (Å²) in [6, 6.07) is 10.7. The lowest BCUT2D eigenvalue weighted by molar-refractivity contribution is 0.194. The third-order valence-electron chi connectivity index (χ3n) is 4.45. The van der Waals surface area contributed by atoms with E-state index in [1.54, 1.807) is 7.11 Å². The van der Waals surface area contributed by atoms with E-state index in [1.807, 2.05) is 0 Å². The van der Waals surface area contributed by atoms with Crippen LogP contribution in [0.4, 0.5) is 5.82 Å². The van der Waals surface area contributed by atoms with Crippen LogP contribution in [-0.4, -0.2) is 38.3 Å². The van der Waals surface area contributed by atoms with Gasteiger partial charge in [0.15, 0.2) is 0 Å². The summed E-state index contributed by atoms with van der Waals surface area (Å²) in [6.45, 7) is 4.90. The van der Waals surface area contributed by atoms with Crippen molar-refractivity contribution in [1.82, 2.24) is 10.3 Å². The number of methoxy groups -OCH3 is 1. The highest BCUT2D eigenvalue weighted by Crippen LogP contribution is 2.26. The van der Waals surface area contributed by atoms with E-state index in [4.69, 9.17) is 9.72 Å². The van der Waals surface area contributed by atoms with Crippen LogP contribution in [0.25, 0.3) is 10.9 Å². The van der Waals surface area contributed by atoms with Gasteiger partial charge >= 0.3 is 0 Å². The maximum Gasteiger partial charge on any atom is 0.133 e. The molecular weight excluding hydrogens is 286 g/mol. The highest BCUT2D eigenvalue weighted by molar-refractivity contribution is 5.81. The smallest absolute Gasteiger partial charge is 0.133 e. The summed E-state index contributed by atoms with van der Waals surface area (Å²) in [5, 5.41) is 4.76. The molecule has 0 atom stereocenters. The van der Waals surface area contributed by atoms with Gasteiger partial charge in [-0.05, 0) is 44.4 Å². The predicted molar refractivity (Wildman–Crippen MR) is 96.0 cm³/mol.